The minimum Gasteiger partial charge on any atom is -0.335 e. The van der Waals surface area contributed by atoms with Crippen LogP contribution in [0.2, 0.25) is 0 Å². The van der Waals surface area contributed by atoms with Crippen LogP contribution < -0.4 is 0 Å². The first-order valence-electron chi connectivity index (χ1n) is 14.5. The van der Waals surface area contributed by atoms with Crippen molar-refractivity contribution < 1.29 is 9.18 Å². The Morgan fingerprint density at radius 2 is 1.95 bits per heavy atom. The van der Waals surface area contributed by atoms with E-state index in [4.69, 9.17) is 10.1 Å². The number of carbonyl (C=O) groups excluding carboxylic acids is 1. The van der Waals surface area contributed by atoms with Gasteiger partial charge in [-0.1, -0.05) is 51.3 Å². The molecule has 1 aliphatic carbocycles. The Balaban J connectivity index is 1.52. The van der Waals surface area contributed by atoms with E-state index in [1.54, 1.807) is 0 Å². The highest BCUT2D eigenvalue weighted by Crippen LogP contribution is 2.41. The molecule has 1 saturated heterocycles. The van der Waals surface area contributed by atoms with Crippen molar-refractivity contribution in [3.05, 3.63) is 58.2 Å². The number of carbonyl (C=O) groups is 1. The fraction of sp³-hybridized carbons (Fsp3) is 0.531. The minimum absolute atomic E-state index is 0.00200. The van der Waals surface area contributed by atoms with Crippen LogP contribution in [0, 0.1) is 18.7 Å². The maximum Gasteiger partial charge on any atom is 0.272 e. The van der Waals surface area contributed by atoms with Crippen molar-refractivity contribution in [2.45, 2.75) is 97.9 Å². The number of fused-ring (bicyclic) bond motifs is 1. The predicted octanol–water partition coefficient (Wildman–Crippen LogP) is 7.97. The molecule has 1 atom stereocenters. The third kappa shape index (κ3) is 5.41. The molecule has 1 aliphatic heterocycles. The molecule has 1 amide bonds. The number of amides is 1. The summed E-state index contributed by atoms with van der Waals surface area (Å²) in [7, 11) is 0. The lowest BCUT2D eigenvalue weighted by molar-refractivity contribution is 0.0692. The first-order chi connectivity index (χ1) is 18.3. The molecular formula is C32H41FN4O. The summed E-state index contributed by atoms with van der Waals surface area (Å²) in [5.74, 6) is 0.688. The normalized spacial score (nSPS) is 18.9. The van der Waals surface area contributed by atoms with Gasteiger partial charge in [-0.15, -0.1) is 0 Å². The predicted molar refractivity (Wildman–Crippen MR) is 152 cm³/mol. The Morgan fingerprint density at radius 1 is 1.16 bits per heavy atom. The molecule has 38 heavy (non-hydrogen) atoms. The highest BCUT2D eigenvalue weighted by atomic mass is 19.1. The topological polar surface area (TPSA) is 50.5 Å². The van der Waals surface area contributed by atoms with Crippen molar-refractivity contribution in [3.8, 4) is 11.3 Å². The van der Waals surface area contributed by atoms with Crippen LogP contribution in [0.25, 0.3) is 23.0 Å². The van der Waals surface area contributed by atoms with Gasteiger partial charge in [0.25, 0.3) is 5.91 Å². The van der Waals surface area contributed by atoms with Crippen LogP contribution in [-0.4, -0.2) is 38.0 Å². The molecule has 3 aromatic rings. The van der Waals surface area contributed by atoms with Crippen LogP contribution in [0.15, 0.2) is 29.8 Å². The van der Waals surface area contributed by atoms with E-state index in [0.29, 0.717) is 40.0 Å². The molecule has 0 N–H and O–H groups in total. The monoisotopic (exact) mass is 516 g/mol. The average molecular weight is 517 g/mol. The van der Waals surface area contributed by atoms with Gasteiger partial charge in [0.05, 0.1) is 5.69 Å². The van der Waals surface area contributed by atoms with E-state index in [1.807, 2.05) is 40.6 Å². The molecule has 2 aromatic heterocycles. The number of halogens is 1. The molecule has 1 aromatic carbocycles. The van der Waals surface area contributed by atoms with E-state index in [1.165, 1.54) is 5.57 Å². The lowest BCUT2D eigenvalue weighted by Crippen LogP contribution is -2.38. The number of likely N-dealkylation sites (tertiary alicyclic amines) is 1. The number of aromatic nitrogens is 3. The number of allylic oxidation sites excluding steroid dienone is 1. The van der Waals surface area contributed by atoms with E-state index < -0.39 is 0 Å². The summed E-state index contributed by atoms with van der Waals surface area (Å²) in [6, 6.07) is 7.81. The van der Waals surface area contributed by atoms with E-state index in [2.05, 4.69) is 33.8 Å². The lowest BCUT2D eigenvalue weighted by atomic mass is 9.95. The molecule has 2 aliphatic rings. The van der Waals surface area contributed by atoms with Crippen molar-refractivity contribution in [3.63, 3.8) is 0 Å². The third-order valence-corrected chi connectivity index (χ3v) is 8.17. The molecule has 0 bridgehead atoms. The summed E-state index contributed by atoms with van der Waals surface area (Å²) < 4.78 is 17.6. The zero-order valence-corrected chi connectivity index (χ0v) is 23.6. The van der Waals surface area contributed by atoms with Crippen molar-refractivity contribution in [2.75, 3.05) is 6.54 Å². The number of hydrogen-bond donors (Lipinski definition) is 0. The van der Waals surface area contributed by atoms with E-state index in [0.717, 1.165) is 69.2 Å². The molecule has 5 rings (SSSR count). The van der Waals surface area contributed by atoms with Crippen LogP contribution in [0.1, 0.15) is 112 Å². The summed E-state index contributed by atoms with van der Waals surface area (Å²) in [5.41, 5.74) is 6.01. The van der Waals surface area contributed by atoms with Crippen LogP contribution in [0.5, 0.6) is 0 Å². The Morgan fingerprint density at radius 3 is 2.66 bits per heavy atom. The highest BCUT2D eigenvalue weighted by molar-refractivity contribution is 5.93. The molecule has 0 radical (unpaired) electrons. The molecule has 2 fully saturated rings. The number of rotatable bonds is 7. The van der Waals surface area contributed by atoms with Gasteiger partial charge in [0, 0.05) is 35.8 Å². The van der Waals surface area contributed by atoms with Crippen molar-refractivity contribution >= 4 is 17.6 Å². The van der Waals surface area contributed by atoms with Gasteiger partial charge in [-0.2, -0.15) is 5.10 Å². The lowest BCUT2D eigenvalue weighted by Gasteiger charge is -2.27. The van der Waals surface area contributed by atoms with Crippen LogP contribution in [0.3, 0.4) is 0 Å². The summed E-state index contributed by atoms with van der Waals surface area (Å²) >= 11 is 0. The number of hydrogen-bond acceptors (Lipinski definition) is 3. The van der Waals surface area contributed by atoms with Crippen LogP contribution in [0.4, 0.5) is 4.39 Å². The second-order valence-electron chi connectivity index (χ2n) is 11.7. The maximum absolute atomic E-state index is 15.7. The summed E-state index contributed by atoms with van der Waals surface area (Å²) in [6.07, 6.45) is 10.6. The first kappa shape index (κ1) is 26.6. The molecule has 202 valence electrons. The van der Waals surface area contributed by atoms with Crippen molar-refractivity contribution in [2.24, 2.45) is 5.92 Å². The summed E-state index contributed by atoms with van der Waals surface area (Å²) in [5, 5.41) is 4.81. The Kier molecular flexibility index (Phi) is 7.69. The quantitative estimate of drug-likeness (QED) is 0.320. The van der Waals surface area contributed by atoms with Crippen LogP contribution in [-0.2, 0) is 0 Å². The van der Waals surface area contributed by atoms with Gasteiger partial charge in [0.1, 0.15) is 11.5 Å². The standard InChI is InChI=1S/C32H41FN4O/c1-6-23(16-20(2)3)17-25-13-14-26(31(33)22(25)5)27-19-30-34-28(18-29(24-11-12-24)37(30)35-27)32(38)36-15-9-7-8-10-21(36)4/h13-14,17-21,24H,6-12,15-16H2,1-5H3/b23-17-. The highest BCUT2D eigenvalue weighted by Gasteiger charge is 2.31. The van der Waals surface area contributed by atoms with E-state index in [-0.39, 0.29) is 17.8 Å². The van der Waals surface area contributed by atoms with Gasteiger partial charge in [-0.05, 0) is 81.5 Å². The molecular weight excluding hydrogens is 475 g/mol. The molecule has 1 saturated carbocycles. The van der Waals surface area contributed by atoms with Gasteiger partial charge < -0.3 is 4.90 Å². The fourth-order valence-electron chi connectivity index (χ4n) is 5.74. The second kappa shape index (κ2) is 11.0. The molecule has 0 spiro atoms. The van der Waals surface area contributed by atoms with Gasteiger partial charge in [0.2, 0.25) is 0 Å². The first-order valence-corrected chi connectivity index (χ1v) is 14.5. The SMILES string of the molecule is CC/C(=C/c1ccc(-c2cc3nc(C(=O)N4CCCCCC4C)cc(C4CC4)n3n2)c(F)c1C)CC(C)C. The summed E-state index contributed by atoms with van der Waals surface area (Å²) in [4.78, 5) is 20.3. The van der Waals surface area contributed by atoms with Crippen molar-refractivity contribution in [1.82, 2.24) is 19.5 Å². The van der Waals surface area contributed by atoms with Crippen LogP contribution >= 0.6 is 0 Å². The van der Waals surface area contributed by atoms with Gasteiger partial charge >= 0.3 is 0 Å². The summed E-state index contributed by atoms with van der Waals surface area (Å²) in [6.45, 7) is 11.3. The molecule has 3 heterocycles. The van der Waals surface area contributed by atoms with Crippen molar-refractivity contribution in [1.29, 1.82) is 0 Å². The van der Waals surface area contributed by atoms with Gasteiger partial charge in [-0.25, -0.2) is 13.9 Å². The largest absolute Gasteiger partial charge is 0.335 e. The Bertz CT molecular complexity index is 1370. The minimum atomic E-state index is -0.246. The number of nitrogens with zero attached hydrogens (tertiary/aromatic N) is 4. The average Bonchev–Trinajstić information content (AvgIpc) is 3.68. The van der Waals surface area contributed by atoms with E-state index in [9.17, 15) is 4.79 Å². The zero-order chi connectivity index (χ0) is 27.0. The number of benzene rings is 1. The van der Waals surface area contributed by atoms with E-state index >= 15 is 4.39 Å². The molecule has 5 nitrogen and oxygen atoms in total. The second-order valence-corrected chi connectivity index (χ2v) is 11.7. The third-order valence-electron chi connectivity index (χ3n) is 8.17. The molecule has 6 heteroatoms. The van der Waals surface area contributed by atoms with Gasteiger partial charge in [-0.3, -0.25) is 4.79 Å². The van der Waals surface area contributed by atoms with Gasteiger partial charge in [0.15, 0.2) is 5.65 Å². The molecule has 1 unspecified atom stereocenters. The zero-order valence-electron chi connectivity index (χ0n) is 23.6. The fourth-order valence-corrected chi connectivity index (χ4v) is 5.74. The maximum atomic E-state index is 15.7. The Hall–Kier alpha value is -3.02. The Labute approximate surface area is 226 Å². The smallest absolute Gasteiger partial charge is 0.272 e.